The van der Waals surface area contributed by atoms with Crippen molar-refractivity contribution in [3.63, 3.8) is 0 Å². The van der Waals surface area contributed by atoms with Crippen LogP contribution in [0, 0.1) is 20.8 Å². The van der Waals surface area contributed by atoms with E-state index in [0.717, 1.165) is 75.5 Å². The second kappa shape index (κ2) is 8.87. The molecule has 8 nitrogen and oxygen atoms in total. The van der Waals surface area contributed by atoms with Crippen molar-refractivity contribution in [2.45, 2.75) is 52.2 Å². The predicted octanol–water partition coefficient (Wildman–Crippen LogP) is 5.39. The van der Waals surface area contributed by atoms with Gasteiger partial charge in [-0.3, -0.25) is 0 Å². The van der Waals surface area contributed by atoms with Crippen molar-refractivity contribution < 1.29 is 9.63 Å². The van der Waals surface area contributed by atoms with E-state index in [1.165, 1.54) is 0 Å². The van der Waals surface area contributed by atoms with E-state index in [2.05, 4.69) is 44.4 Å². The lowest BCUT2D eigenvalue weighted by molar-refractivity contribution is 0.171. The van der Waals surface area contributed by atoms with Gasteiger partial charge < -0.3 is 19.5 Å². The molecule has 2 N–H and O–H groups in total. The lowest BCUT2D eigenvalue weighted by Crippen LogP contribution is -2.28. The van der Waals surface area contributed by atoms with Crippen LogP contribution in [0.15, 0.2) is 59.4 Å². The molecular formula is C28H28N6O2. The number of para-hydroxylation sites is 1. The molecule has 1 aliphatic carbocycles. The molecule has 0 unspecified atom stereocenters. The number of aliphatic hydroxyl groups is 1. The Balaban J connectivity index is 1.52. The van der Waals surface area contributed by atoms with Gasteiger partial charge in [0.05, 0.1) is 34.8 Å². The first-order chi connectivity index (χ1) is 17.5. The molecule has 1 saturated carbocycles. The first-order valence-electron chi connectivity index (χ1n) is 12.3. The fourth-order valence-electron chi connectivity index (χ4n) is 5.12. The molecule has 2 atom stereocenters. The van der Waals surface area contributed by atoms with Crippen LogP contribution >= 0.6 is 0 Å². The molecule has 1 fully saturated rings. The van der Waals surface area contributed by atoms with E-state index in [4.69, 9.17) is 14.5 Å². The van der Waals surface area contributed by atoms with Crippen molar-refractivity contribution in [3.05, 3.63) is 71.9 Å². The summed E-state index contributed by atoms with van der Waals surface area (Å²) < 4.78 is 7.50. The lowest BCUT2D eigenvalue weighted by Gasteiger charge is -2.17. The molecule has 6 rings (SSSR count). The standard InChI is InChI=1S/C28H28N6O2/c1-16-14-29-28(31-22-10-7-11-24(22)35)32-26(16)21-15-34(19-8-5-4-6-9-19)27-20(21)12-13-23(30-27)25-17(2)33-36-18(25)3/h4-6,8-9,12-15,22,24,35H,7,10-11H2,1-3H3,(H,29,31,32)/t22-,24+/m0/s1. The molecule has 0 spiro atoms. The van der Waals surface area contributed by atoms with E-state index in [1.807, 2.05) is 51.2 Å². The van der Waals surface area contributed by atoms with Gasteiger partial charge in [0.1, 0.15) is 11.4 Å². The number of nitrogens with zero attached hydrogens (tertiary/aromatic N) is 5. The van der Waals surface area contributed by atoms with Gasteiger partial charge in [0.15, 0.2) is 0 Å². The van der Waals surface area contributed by atoms with Crippen LogP contribution in [0.4, 0.5) is 5.95 Å². The van der Waals surface area contributed by atoms with Crippen LogP contribution in [-0.4, -0.2) is 41.9 Å². The molecule has 4 heterocycles. The summed E-state index contributed by atoms with van der Waals surface area (Å²) in [4.78, 5) is 14.5. The minimum Gasteiger partial charge on any atom is -0.391 e. The predicted molar refractivity (Wildman–Crippen MR) is 139 cm³/mol. The third-order valence-electron chi connectivity index (χ3n) is 7.00. The Morgan fingerprint density at radius 3 is 2.58 bits per heavy atom. The SMILES string of the molecule is Cc1cnc(N[C@H]2CCC[C@H]2O)nc1-c1cn(-c2ccccc2)c2nc(-c3c(C)noc3C)ccc12. The number of fused-ring (bicyclic) bond motifs is 1. The number of hydrogen-bond donors (Lipinski definition) is 2. The molecule has 5 aromatic rings. The number of aryl methyl sites for hydroxylation is 3. The topological polar surface area (TPSA) is 102 Å². The summed E-state index contributed by atoms with van der Waals surface area (Å²) in [6.45, 7) is 5.85. The van der Waals surface area contributed by atoms with Crippen molar-refractivity contribution in [1.82, 2.24) is 24.7 Å². The highest BCUT2D eigenvalue weighted by atomic mass is 16.5. The first-order valence-corrected chi connectivity index (χ1v) is 12.3. The minimum absolute atomic E-state index is 0.0227. The van der Waals surface area contributed by atoms with Crippen LogP contribution in [0.1, 0.15) is 36.3 Å². The number of anilines is 1. The highest BCUT2D eigenvalue weighted by Crippen LogP contribution is 2.35. The smallest absolute Gasteiger partial charge is 0.223 e. The summed E-state index contributed by atoms with van der Waals surface area (Å²) in [7, 11) is 0. The highest BCUT2D eigenvalue weighted by Gasteiger charge is 2.26. The number of rotatable bonds is 5. The van der Waals surface area contributed by atoms with Crippen molar-refractivity contribution in [2.24, 2.45) is 0 Å². The van der Waals surface area contributed by atoms with Crippen molar-refractivity contribution in [3.8, 4) is 28.2 Å². The zero-order valence-electron chi connectivity index (χ0n) is 20.6. The molecule has 0 saturated heterocycles. The van der Waals surface area contributed by atoms with Gasteiger partial charge >= 0.3 is 0 Å². The van der Waals surface area contributed by atoms with Gasteiger partial charge in [-0.05, 0) is 69.9 Å². The number of pyridine rings is 1. The van der Waals surface area contributed by atoms with Crippen molar-refractivity contribution in [2.75, 3.05) is 5.32 Å². The quantitative estimate of drug-likeness (QED) is 0.348. The van der Waals surface area contributed by atoms with Gasteiger partial charge in [-0.15, -0.1) is 0 Å². The molecule has 0 aliphatic heterocycles. The van der Waals surface area contributed by atoms with Gasteiger partial charge in [-0.25, -0.2) is 15.0 Å². The summed E-state index contributed by atoms with van der Waals surface area (Å²) >= 11 is 0. The van der Waals surface area contributed by atoms with Gasteiger partial charge in [-0.2, -0.15) is 0 Å². The Morgan fingerprint density at radius 2 is 1.86 bits per heavy atom. The number of aromatic nitrogens is 5. The molecule has 0 amide bonds. The molecule has 182 valence electrons. The normalized spacial score (nSPS) is 17.7. The third kappa shape index (κ3) is 3.83. The van der Waals surface area contributed by atoms with E-state index in [-0.39, 0.29) is 12.1 Å². The van der Waals surface area contributed by atoms with E-state index >= 15 is 0 Å². The summed E-state index contributed by atoms with van der Waals surface area (Å²) in [6, 6.07) is 14.2. The zero-order chi connectivity index (χ0) is 24.8. The fourth-order valence-corrected chi connectivity index (χ4v) is 5.12. The monoisotopic (exact) mass is 480 g/mol. The second-order valence-electron chi connectivity index (χ2n) is 9.49. The van der Waals surface area contributed by atoms with Crippen molar-refractivity contribution in [1.29, 1.82) is 0 Å². The van der Waals surface area contributed by atoms with E-state index in [1.54, 1.807) is 0 Å². The summed E-state index contributed by atoms with van der Waals surface area (Å²) in [5, 5.41) is 18.7. The second-order valence-corrected chi connectivity index (χ2v) is 9.49. The minimum atomic E-state index is -0.370. The number of nitrogens with one attached hydrogen (secondary N) is 1. The summed E-state index contributed by atoms with van der Waals surface area (Å²) in [5.41, 5.74) is 7.16. The largest absolute Gasteiger partial charge is 0.391 e. The van der Waals surface area contributed by atoms with Crippen LogP contribution in [0.5, 0.6) is 0 Å². The van der Waals surface area contributed by atoms with Gasteiger partial charge in [0.25, 0.3) is 0 Å². The number of benzene rings is 1. The lowest BCUT2D eigenvalue weighted by atomic mass is 10.1. The zero-order valence-corrected chi connectivity index (χ0v) is 20.6. The fraction of sp³-hybridized carbons (Fsp3) is 0.286. The third-order valence-corrected chi connectivity index (χ3v) is 7.00. The molecular weight excluding hydrogens is 452 g/mol. The van der Waals surface area contributed by atoms with E-state index in [9.17, 15) is 5.11 Å². The first kappa shape index (κ1) is 22.4. The number of aliphatic hydroxyl groups excluding tert-OH is 1. The van der Waals surface area contributed by atoms with Crippen LogP contribution in [0.3, 0.4) is 0 Å². The van der Waals surface area contributed by atoms with Crippen LogP contribution in [0.25, 0.3) is 39.2 Å². The van der Waals surface area contributed by atoms with Crippen LogP contribution in [-0.2, 0) is 0 Å². The van der Waals surface area contributed by atoms with Gasteiger partial charge in [0.2, 0.25) is 5.95 Å². The summed E-state index contributed by atoms with van der Waals surface area (Å²) in [5.74, 6) is 1.27. The van der Waals surface area contributed by atoms with Crippen molar-refractivity contribution >= 4 is 17.0 Å². The average molecular weight is 481 g/mol. The Kier molecular flexibility index (Phi) is 5.53. The Bertz CT molecular complexity index is 1540. The van der Waals surface area contributed by atoms with Crippen LogP contribution in [0.2, 0.25) is 0 Å². The Morgan fingerprint density at radius 1 is 1.03 bits per heavy atom. The maximum atomic E-state index is 10.3. The molecule has 36 heavy (non-hydrogen) atoms. The molecule has 0 radical (unpaired) electrons. The molecule has 0 bridgehead atoms. The molecule has 1 aromatic carbocycles. The highest BCUT2D eigenvalue weighted by molar-refractivity contribution is 5.96. The van der Waals surface area contributed by atoms with Gasteiger partial charge in [0, 0.05) is 29.0 Å². The van der Waals surface area contributed by atoms with E-state index < -0.39 is 0 Å². The Hall–Kier alpha value is -4.04. The maximum absolute atomic E-state index is 10.3. The molecule has 1 aliphatic rings. The maximum Gasteiger partial charge on any atom is 0.223 e. The van der Waals surface area contributed by atoms with Crippen LogP contribution < -0.4 is 5.32 Å². The van der Waals surface area contributed by atoms with E-state index in [0.29, 0.717) is 5.95 Å². The average Bonchev–Trinajstić information content (AvgIpc) is 3.57. The number of hydrogen-bond acceptors (Lipinski definition) is 7. The molecule has 4 aromatic heterocycles. The summed E-state index contributed by atoms with van der Waals surface area (Å²) in [6.07, 6.45) is 6.28. The van der Waals surface area contributed by atoms with Gasteiger partial charge in [-0.1, -0.05) is 23.4 Å². The molecule has 8 heteroatoms. The Labute approximate surface area is 209 Å².